The van der Waals surface area contributed by atoms with Gasteiger partial charge in [-0.1, -0.05) is 13.8 Å². The van der Waals surface area contributed by atoms with Crippen molar-refractivity contribution >= 4 is 12.1 Å². The van der Waals surface area contributed by atoms with Gasteiger partial charge in [0.15, 0.2) is 0 Å². The minimum Gasteiger partial charge on any atom is -0.481 e. The van der Waals surface area contributed by atoms with Crippen LogP contribution in [0.4, 0.5) is 4.79 Å². The van der Waals surface area contributed by atoms with E-state index in [1.54, 1.807) is 4.90 Å². The van der Waals surface area contributed by atoms with E-state index in [9.17, 15) is 14.7 Å². The minimum atomic E-state index is -0.783. The largest absolute Gasteiger partial charge is 0.481 e. The molecule has 5 nitrogen and oxygen atoms in total. The molecule has 3 aliphatic carbocycles. The van der Waals surface area contributed by atoms with Gasteiger partial charge in [0.2, 0.25) is 0 Å². The van der Waals surface area contributed by atoms with Crippen LogP contribution in [0.5, 0.6) is 0 Å². The number of hydrogen-bond donors (Lipinski definition) is 1. The second-order valence-corrected chi connectivity index (χ2v) is 8.95. The predicted octanol–water partition coefficient (Wildman–Crippen LogP) is 2.99. The van der Waals surface area contributed by atoms with E-state index < -0.39 is 17.0 Å². The van der Waals surface area contributed by atoms with Crippen LogP contribution in [-0.2, 0) is 9.53 Å². The second-order valence-electron chi connectivity index (χ2n) is 8.95. The summed E-state index contributed by atoms with van der Waals surface area (Å²) in [5, 5.41) is 9.98. The van der Waals surface area contributed by atoms with E-state index in [1.807, 2.05) is 20.8 Å². The normalized spacial score (nSPS) is 39.0. The van der Waals surface area contributed by atoms with Crippen LogP contribution in [0.2, 0.25) is 0 Å². The van der Waals surface area contributed by atoms with Crippen LogP contribution in [0.15, 0.2) is 0 Å². The number of carbonyl (C=O) groups excluding carboxylic acids is 1. The Morgan fingerprint density at radius 1 is 1.18 bits per heavy atom. The topological polar surface area (TPSA) is 66.8 Å². The van der Waals surface area contributed by atoms with Crippen LogP contribution >= 0.6 is 0 Å². The molecule has 22 heavy (non-hydrogen) atoms. The molecule has 4 rings (SSSR count). The van der Waals surface area contributed by atoms with E-state index in [1.165, 1.54) is 0 Å². The Morgan fingerprint density at radius 3 is 2.32 bits per heavy atom. The van der Waals surface area contributed by atoms with Gasteiger partial charge in [0.1, 0.15) is 5.60 Å². The van der Waals surface area contributed by atoms with Gasteiger partial charge in [0.25, 0.3) is 0 Å². The lowest BCUT2D eigenvalue weighted by Crippen LogP contribution is -2.64. The number of hydrogen-bond acceptors (Lipinski definition) is 3. The summed E-state index contributed by atoms with van der Waals surface area (Å²) in [4.78, 5) is 26.1. The Balaban J connectivity index is 1.86. The number of ether oxygens (including phenoxy) is 1. The molecule has 1 saturated heterocycles. The second kappa shape index (κ2) is 4.39. The molecule has 0 aromatic rings. The third kappa shape index (κ3) is 1.97. The highest BCUT2D eigenvalue weighted by Gasteiger charge is 2.71. The van der Waals surface area contributed by atoms with Gasteiger partial charge in [-0.2, -0.15) is 0 Å². The molecule has 4 fully saturated rings. The number of carboxylic acids is 1. The van der Waals surface area contributed by atoms with Gasteiger partial charge in [-0.05, 0) is 56.8 Å². The zero-order valence-electron chi connectivity index (χ0n) is 14.2. The van der Waals surface area contributed by atoms with Gasteiger partial charge < -0.3 is 14.7 Å². The van der Waals surface area contributed by atoms with Gasteiger partial charge in [0.05, 0.1) is 5.41 Å². The maximum atomic E-state index is 12.4. The van der Waals surface area contributed by atoms with E-state index >= 15 is 0 Å². The van der Waals surface area contributed by atoms with Crippen LogP contribution in [0, 0.1) is 28.6 Å². The van der Waals surface area contributed by atoms with Gasteiger partial charge in [-0.15, -0.1) is 0 Å². The summed E-state index contributed by atoms with van der Waals surface area (Å²) < 4.78 is 5.45. The van der Waals surface area contributed by atoms with E-state index in [0.29, 0.717) is 19.0 Å². The van der Waals surface area contributed by atoms with Crippen molar-refractivity contribution in [3.63, 3.8) is 0 Å². The molecule has 0 spiro atoms. The van der Waals surface area contributed by atoms with Crippen molar-refractivity contribution in [3.8, 4) is 0 Å². The lowest BCUT2D eigenvalue weighted by molar-refractivity contribution is -0.199. The standard InChI is InChI=1S/C17H27NO4/c1-15(2,3)22-14(21)18-8-11-6-10-7-12(16(10,4)5)17(11,9-18)13(19)20/h10-12H,6-9H2,1-5H3,(H,19,20). The lowest BCUT2D eigenvalue weighted by Gasteiger charge is -2.64. The average molecular weight is 309 g/mol. The van der Waals surface area contributed by atoms with Crippen molar-refractivity contribution < 1.29 is 19.4 Å². The first-order valence-corrected chi connectivity index (χ1v) is 8.20. The molecule has 3 saturated carbocycles. The minimum absolute atomic E-state index is 0.0642. The fourth-order valence-corrected chi connectivity index (χ4v) is 5.11. The molecule has 2 bridgehead atoms. The molecule has 0 aromatic heterocycles. The lowest BCUT2D eigenvalue weighted by atomic mass is 9.38. The SMILES string of the molecule is CC(C)(C)OC(=O)N1CC2CC3CC(C3(C)C)C2(C(=O)O)C1. The first-order chi connectivity index (χ1) is 9.98. The summed E-state index contributed by atoms with van der Waals surface area (Å²) >= 11 is 0. The zero-order valence-corrected chi connectivity index (χ0v) is 14.2. The number of carbonyl (C=O) groups is 2. The quantitative estimate of drug-likeness (QED) is 0.808. The monoisotopic (exact) mass is 309 g/mol. The Morgan fingerprint density at radius 2 is 1.82 bits per heavy atom. The van der Waals surface area contributed by atoms with E-state index in [-0.39, 0.29) is 23.3 Å². The summed E-state index contributed by atoms with van der Waals surface area (Å²) in [6.07, 6.45) is 1.52. The van der Waals surface area contributed by atoms with Crippen molar-refractivity contribution in [1.82, 2.24) is 4.90 Å². The summed E-state index contributed by atoms with van der Waals surface area (Å²) in [6.45, 7) is 10.7. The fourth-order valence-electron chi connectivity index (χ4n) is 5.11. The highest BCUT2D eigenvalue weighted by molar-refractivity contribution is 5.79. The molecule has 4 aliphatic rings. The highest BCUT2D eigenvalue weighted by atomic mass is 16.6. The van der Waals surface area contributed by atoms with Crippen molar-refractivity contribution in [2.75, 3.05) is 13.1 Å². The first kappa shape index (κ1) is 15.6. The number of amides is 1. The van der Waals surface area contributed by atoms with E-state index in [4.69, 9.17) is 4.74 Å². The van der Waals surface area contributed by atoms with Gasteiger partial charge >= 0.3 is 12.1 Å². The Hall–Kier alpha value is -1.26. The first-order valence-electron chi connectivity index (χ1n) is 8.20. The Bertz CT molecular complexity index is 521. The molecule has 124 valence electrons. The van der Waals surface area contributed by atoms with Crippen molar-refractivity contribution in [1.29, 1.82) is 0 Å². The Labute approximate surface area is 132 Å². The number of aliphatic carboxylic acids is 1. The molecule has 4 unspecified atom stereocenters. The maximum absolute atomic E-state index is 12.4. The molecule has 0 radical (unpaired) electrons. The summed E-state index contributed by atoms with van der Waals surface area (Å²) in [5.74, 6) is 0.0799. The number of nitrogens with zero attached hydrogens (tertiary/aromatic N) is 1. The summed E-state index contributed by atoms with van der Waals surface area (Å²) in [6, 6.07) is 0. The summed E-state index contributed by atoms with van der Waals surface area (Å²) in [7, 11) is 0. The molecule has 5 heteroatoms. The van der Waals surface area contributed by atoms with Crippen LogP contribution in [0.1, 0.15) is 47.5 Å². The van der Waals surface area contributed by atoms with Crippen LogP contribution in [0.3, 0.4) is 0 Å². The number of rotatable bonds is 1. The van der Waals surface area contributed by atoms with Gasteiger partial charge in [-0.25, -0.2) is 4.79 Å². The molecule has 0 aromatic carbocycles. The van der Waals surface area contributed by atoms with Crippen molar-refractivity contribution in [3.05, 3.63) is 0 Å². The van der Waals surface area contributed by atoms with Crippen LogP contribution in [-0.4, -0.2) is 40.8 Å². The van der Waals surface area contributed by atoms with E-state index in [2.05, 4.69) is 13.8 Å². The fraction of sp³-hybridized carbons (Fsp3) is 0.882. The molecule has 1 heterocycles. The third-order valence-corrected chi connectivity index (χ3v) is 6.33. The Kier molecular flexibility index (Phi) is 3.12. The average Bonchev–Trinajstić information content (AvgIpc) is 2.76. The molecule has 1 amide bonds. The third-order valence-electron chi connectivity index (χ3n) is 6.33. The van der Waals surface area contributed by atoms with Gasteiger partial charge in [0, 0.05) is 13.1 Å². The molecule has 1 aliphatic heterocycles. The number of carboxylic acid groups (broad SMARTS) is 1. The molecule has 1 N–H and O–H groups in total. The zero-order chi connectivity index (χ0) is 16.5. The van der Waals surface area contributed by atoms with E-state index in [0.717, 1.165) is 12.8 Å². The smallest absolute Gasteiger partial charge is 0.410 e. The van der Waals surface area contributed by atoms with Crippen molar-refractivity contribution in [2.24, 2.45) is 28.6 Å². The molecular formula is C17H27NO4. The predicted molar refractivity (Wildman–Crippen MR) is 81.4 cm³/mol. The maximum Gasteiger partial charge on any atom is 0.410 e. The van der Waals surface area contributed by atoms with Crippen molar-refractivity contribution in [2.45, 2.75) is 53.1 Å². The summed E-state index contributed by atoms with van der Waals surface area (Å²) in [5.41, 5.74) is -1.27. The highest BCUT2D eigenvalue weighted by Crippen LogP contribution is 2.69. The van der Waals surface area contributed by atoms with Gasteiger partial charge in [-0.3, -0.25) is 4.79 Å². The van der Waals surface area contributed by atoms with Crippen LogP contribution < -0.4 is 0 Å². The molecule has 4 atom stereocenters. The number of likely N-dealkylation sites (tertiary alicyclic amines) is 1. The van der Waals surface area contributed by atoms with Crippen LogP contribution in [0.25, 0.3) is 0 Å². The molecular weight excluding hydrogens is 282 g/mol.